The fourth-order valence-electron chi connectivity index (χ4n) is 4.00. The molecule has 1 N–H and O–H groups in total. The summed E-state index contributed by atoms with van der Waals surface area (Å²) in [7, 11) is 1.47. The van der Waals surface area contributed by atoms with E-state index >= 15 is 0 Å². The molecule has 2 unspecified atom stereocenters. The zero-order chi connectivity index (χ0) is 12.9. The molecule has 0 radical (unpaired) electrons. The molecule has 3 rings (SSSR count). The molecule has 17 heavy (non-hydrogen) atoms. The van der Waals surface area contributed by atoms with Gasteiger partial charge < -0.3 is 9.84 Å². The third-order valence-electron chi connectivity index (χ3n) is 5.53. The van der Waals surface area contributed by atoms with Gasteiger partial charge in [0.05, 0.1) is 18.1 Å². The van der Waals surface area contributed by atoms with E-state index in [0.29, 0.717) is 5.92 Å². The van der Waals surface area contributed by atoms with E-state index < -0.39 is 5.60 Å². The normalized spacial score (nSPS) is 44.2. The molecule has 0 aromatic carbocycles. The van der Waals surface area contributed by atoms with E-state index in [-0.39, 0.29) is 16.8 Å². The summed E-state index contributed by atoms with van der Waals surface area (Å²) < 4.78 is 5.04. The van der Waals surface area contributed by atoms with Crippen LogP contribution in [0.25, 0.3) is 0 Å². The summed E-state index contributed by atoms with van der Waals surface area (Å²) in [5.74, 6) is 0.216. The number of aliphatic hydroxyl groups is 1. The van der Waals surface area contributed by atoms with Gasteiger partial charge in [0, 0.05) is 0 Å². The number of carbonyl (C=O) groups is 1. The molecule has 3 fully saturated rings. The van der Waals surface area contributed by atoms with E-state index in [4.69, 9.17) is 4.74 Å². The van der Waals surface area contributed by atoms with Crippen LogP contribution in [0.4, 0.5) is 0 Å². The molecule has 0 heterocycles. The quantitative estimate of drug-likeness (QED) is 0.716. The van der Waals surface area contributed by atoms with Gasteiger partial charge in [0.1, 0.15) is 0 Å². The molecule has 3 atom stereocenters. The zero-order valence-electron chi connectivity index (χ0n) is 11.4. The Morgan fingerprint density at radius 2 is 1.94 bits per heavy atom. The Hall–Kier alpha value is -0.570. The second-order valence-corrected chi connectivity index (χ2v) is 6.68. The summed E-state index contributed by atoms with van der Waals surface area (Å²) in [6.45, 7) is 6.30. The van der Waals surface area contributed by atoms with Gasteiger partial charge in [0.25, 0.3) is 0 Å². The van der Waals surface area contributed by atoms with Crippen LogP contribution in [0.3, 0.4) is 0 Å². The van der Waals surface area contributed by atoms with Crippen LogP contribution < -0.4 is 0 Å². The van der Waals surface area contributed by atoms with Crippen molar-refractivity contribution in [1.29, 1.82) is 0 Å². The Morgan fingerprint density at radius 1 is 1.29 bits per heavy atom. The van der Waals surface area contributed by atoms with Crippen LogP contribution in [0.5, 0.6) is 0 Å². The fourth-order valence-corrected chi connectivity index (χ4v) is 4.00. The molecular formula is C14H24O3. The topological polar surface area (TPSA) is 46.5 Å². The predicted molar refractivity (Wildman–Crippen MR) is 65.4 cm³/mol. The van der Waals surface area contributed by atoms with Gasteiger partial charge in [-0.05, 0) is 43.4 Å². The Balaban J connectivity index is 2.44. The van der Waals surface area contributed by atoms with Gasteiger partial charge >= 0.3 is 5.97 Å². The van der Waals surface area contributed by atoms with Gasteiger partial charge in [-0.1, -0.05) is 20.8 Å². The second-order valence-electron chi connectivity index (χ2n) is 6.68. The molecule has 3 aliphatic carbocycles. The highest BCUT2D eigenvalue weighted by Gasteiger charge is 2.60. The van der Waals surface area contributed by atoms with Crippen LogP contribution in [0.2, 0.25) is 0 Å². The molecule has 98 valence electrons. The summed E-state index contributed by atoms with van der Waals surface area (Å²) in [5, 5.41) is 10.8. The smallest absolute Gasteiger partial charge is 0.312 e. The molecule has 3 aliphatic rings. The van der Waals surface area contributed by atoms with Crippen LogP contribution >= 0.6 is 0 Å². The number of methoxy groups -OCH3 is 1. The lowest BCUT2D eigenvalue weighted by Gasteiger charge is -2.51. The first-order valence-corrected chi connectivity index (χ1v) is 6.58. The lowest BCUT2D eigenvalue weighted by Crippen LogP contribution is -2.53. The number of esters is 1. The molecule has 3 saturated carbocycles. The number of hydrogen-bond acceptors (Lipinski definition) is 3. The minimum absolute atomic E-state index is 0.0815. The Labute approximate surface area is 104 Å². The lowest BCUT2D eigenvalue weighted by atomic mass is 9.56. The van der Waals surface area contributed by atoms with Gasteiger partial charge in [-0.25, -0.2) is 0 Å². The zero-order valence-corrected chi connectivity index (χ0v) is 11.4. The van der Waals surface area contributed by atoms with Crippen LogP contribution in [-0.2, 0) is 9.53 Å². The Morgan fingerprint density at radius 3 is 2.47 bits per heavy atom. The van der Waals surface area contributed by atoms with Crippen molar-refractivity contribution in [3.8, 4) is 0 Å². The monoisotopic (exact) mass is 240 g/mol. The highest BCUT2D eigenvalue weighted by molar-refractivity contribution is 5.77. The number of carbonyl (C=O) groups excluding carboxylic acids is 1. The molecular weight excluding hydrogens is 216 g/mol. The van der Waals surface area contributed by atoms with Crippen LogP contribution in [0, 0.1) is 16.7 Å². The maximum absolute atomic E-state index is 12.2. The minimum atomic E-state index is -0.602. The van der Waals surface area contributed by atoms with Crippen molar-refractivity contribution in [2.45, 2.75) is 58.5 Å². The molecule has 2 bridgehead atoms. The van der Waals surface area contributed by atoms with Crippen molar-refractivity contribution in [1.82, 2.24) is 0 Å². The Kier molecular flexibility index (Phi) is 2.81. The maximum Gasteiger partial charge on any atom is 0.312 e. The predicted octanol–water partition coefficient (Wildman–Crippen LogP) is 2.52. The highest BCUT2D eigenvalue weighted by Crippen LogP contribution is 2.60. The molecule has 0 saturated heterocycles. The fraction of sp³-hybridized carbons (Fsp3) is 0.929. The van der Waals surface area contributed by atoms with Crippen molar-refractivity contribution in [2.24, 2.45) is 16.7 Å². The van der Waals surface area contributed by atoms with Gasteiger partial charge in [-0.3, -0.25) is 4.79 Å². The van der Waals surface area contributed by atoms with E-state index in [1.165, 1.54) is 7.11 Å². The van der Waals surface area contributed by atoms with Crippen molar-refractivity contribution >= 4 is 5.97 Å². The van der Waals surface area contributed by atoms with Gasteiger partial charge in [-0.15, -0.1) is 0 Å². The van der Waals surface area contributed by atoms with Crippen molar-refractivity contribution in [3.63, 3.8) is 0 Å². The maximum atomic E-state index is 12.2. The Bertz CT molecular complexity index is 336. The lowest BCUT2D eigenvalue weighted by molar-refractivity contribution is -0.172. The molecule has 0 aliphatic heterocycles. The highest BCUT2D eigenvalue weighted by atomic mass is 16.5. The standard InChI is InChI=1S/C14H24O3/c1-10-5-6-14(16)8-7-13(10,11(15)17-4)9-12(14,2)3/h10,16H,5-9H2,1-4H3/t10-,13?,14?/m0/s1. The van der Waals surface area contributed by atoms with Gasteiger partial charge in [-0.2, -0.15) is 0 Å². The second kappa shape index (κ2) is 3.71. The summed E-state index contributed by atoms with van der Waals surface area (Å²) >= 11 is 0. The molecule has 0 aromatic rings. The van der Waals surface area contributed by atoms with E-state index in [9.17, 15) is 9.90 Å². The van der Waals surface area contributed by atoms with Crippen molar-refractivity contribution in [3.05, 3.63) is 0 Å². The summed E-state index contributed by atoms with van der Waals surface area (Å²) in [5.41, 5.74) is -1.18. The van der Waals surface area contributed by atoms with E-state index in [2.05, 4.69) is 20.8 Å². The summed E-state index contributed by atoms with van der Waals surface area (Å²) in [4.78, 5) is 12.2. The van der Waals surface area contributed by atoms with Gasteiger partial charge in [0.15, 0.2) is 0 Å². The van der Waals surface area contributed by atoms with Crippen molar-refractivity contribution in [2.75, 3.05) is 7.11 Å². The molecule has 0 aromatic heterocycles. The van der Waals surface area contributed by atoms with E-state index in [1.54, 1.807) is 0 Å². The number of hydrogen-bond donors (Lipinski definition) is 1. The molecule has 0 amide bonds. The van der Waals surface area contributed by atoms with E-state index in [1.807, 2.05) is 0 Å². The number of fused-ring (bicyclic) bond motifs is 4. The van der Waals surface area contributed by atoms with Crippen LogP contribution in [-0.4, -0.2) is 23.8 Å². The summed E-state index contributed by atoms with van der Waals surface area (Å²) in [6, 6.07) is 0. The third-order valence-corrected chi connectivity index (χ3v) is 5.53. The summed E-state index contributed by atoms with van der Waals surface area (Å²) in [6.07, 6.45) is 3.94. The van der Waals surface area contributed by atoms with Crippen LogP contribution in [0.1, 0.15) is 52.9 Å². The first-order valence-electron chi connectivity index (χ1n) is 6.58. The molecule has 3 nitrogen and oxygen atoms in total. The molecule has 3 heteroatoms. The first kappa shape index (κ1) is 12.9. The largest absolute Gasteiger partial charge is 0.469 e. The molecule has 0 spiro atoms. The average molecular weight is 240 g/mol. The minimum Gasteiger partial charge on any atom is -0.469 e. The van der Waals surface area contributed by atoms with E-state index in [0.717, 1.165) is 32.1 Å². The number of rotatable bonds is 1. The van der Waals surface area contributed by atoms with Crippen LogP contribution in [0.15, 0.2) is 0 Å². The average Bonchev–Trinajstić information content (AvgIpc) is 2.44. The third kappa shape index (κ3) is 1.62. The van der Waals surface area contributed by atoms with Gasteiger partial charge in [0.2, 0.25) is 0 Å². The van der Waals surface area contributed by atoms with Crippen molar-refractivity contribution < 1.29 is 14.6 Å². The number of ether oxygens (including phenoxy) is 1. The SMILES string of the molecule is COC(=O)C12CCC(O)(CC[C@@H]1C)C(C)(C)C2. The first-order chi connectivity index (χ1) is 7.77.